The van der Waals surface area contributed by atoms with Crippen molar-refractivity contribution in [2.75, 3.05) is 13.9 Å². The summed E-state index contributed by atoms with van der Waals surface area (Å²) in [5, 5.41) is 3.25. The average molecular weight is 425 g/mol. The Hall–Kier alpha value is -3.32. The summed E-state index contributed by atoms with van der Waals surface area (Å²) in [7, 11) is 1.58. The zero-order valence-electron chi connectivity index (χ0n) is 16.3. The lowest BCUT2D eigenvalue weighted by Gasteiger charge is -2.17. The monoisotopic (exact) mass is 425 g/mol. The summed E-state index contributed by atoms with van der Waals surface area (Å²) in [6.45, 7) is 1.02. The van der Waals surface area contributed by atoms with E-state index in [0.717, 1.165) is 22.6 Å². The van der Waals surface area contributed by atoms with Gasteiger partial charge in [0.15, 0.2) is 23.0 Å². The predicted molar refractivity (Wildman–Crippen MR) is 115 cm³/mol. The van der Waals surface area contributed by atoms with Crippen molar-refractivity contribution in [3.05, 3.63) is 83.2 Å². The van der Waals surface area contributed by atoms with Gasteiger partial charge in [-0.15, -0.1) is 0 Å². The molecule has 0 spiro atoms. The predicted octanol–water partition coefficient (Wildman–Crippen LogP) is 4.61. The van der Waals surface area contributed by atoms with Gasteiger partial charge in [0.2, 0.25) is 6.79 Å². The number of nitrogens with one attached hydrogen (secondary N) is 1. The molecule has 7 heteroatoms. The quantitative estimate of drug-likeness (QED) is 0.558. The summed E-state index contributed by atoms with van der Waals surface area (Å²) in [5.41, 5.74) is 2.57. The summed E-state index contributed by atoms with van der Waals surface area (Å²) in [6.07, 6.45) is 0. The van der Waals surface area contributed by atoms with Gasteiger partial charge in [-0.25, -0.2) is 4.39 Å². The second-order valence-corrected chi connectivity index (χ2v) is 7.03. The molecule has 0 unspecified atom stereocenters. The van der Waals surface area contributed by atoms with Crippen LogP contribution in [0.5, 0.6) is 23.0 Å². The lowest BCUT2D eigenvalue weighted by molar-refractivity contribution is 0.174. The maximum atomic E-state index is 13.1. The van der Waals surface area contributed by atoms with Gasteiger partial charge in [-0.3, -0.25) is 0 Å². The van der Waals surface area contributed by atoms with Crippen molar-refractivity contribution in [1.82, 2.24) is 5.32 Å². The van der Waals surface area contributed by atoms with E-state index in [1.807, 2.05) is 36.4 Å². The normalized spacial score (nSPS) is 11.8. The first kappa shape index (κ1) is 20.0. The Morgan fingerprint density at radius 3 is 2.60 bits per heavy atom. The average Bonchev–Trinajstić information content (AvgIpc) is 3.24. The van der Waals surface area contributed by atoms with E-state index in [0.29, 0.717) is 28.6 Å². The smallest absolute Gasteiger partial charge is 0.231 e. The van der Waals surface area contributed by atoms with Crippen LogP contribution in [-0.4, -0.2) is 18.9 Å². The van der Waals surface area contributed by atoms with Gasteiger partial charge in [0.05, 0.1) is 12.7 Å². The largest absolute Gasteiger partial charge is 0.493 e. The van der Waals surface area contributed by atoms with Gasteiger partial charge in [0.25, 0.3) is 0 Å². The zero-order chi connectivity index (χ0) is 20.9. The Balaban J connectivity index is 1.48. The molecule has 1 N–H and O–H groups in total. The lowest BCUT2D eigenvalue weighted by Crippen LogP contribution is -2.22. The van der Waals surface area contributed by atoms with Crippen molar-refractivity contribution in [2.45, 2.75) is 13.2 Å². The molecule has 30 heavy (non-hydrogen) atoms. The number of ether oxygens (including phenoxy) is 4. The Bertz CT molecular complexity index is 1060. The van der Waals surface area contributed by atoms with E-state index in [9.17, 15) is 4.39 Å². The topological polar surface area (TPSA) is 49.0 Å². The third-order valence-electron chi connectivity index (χ3n) is 4.63. The van der Waals surface area contributed by atoms with Crippen LogP contribution in [0.1, 0.15) is 16.7 Å². The fourth-order valence-electron chi connectivity index (χ4n) is 3.07. The van der Waals surface area contributed by atoms with Crippen LogP contribution in [0.15, 0.2) is 60.7 Å². The molecule has 0 aromatic heterocycles. The van der Waals surface area contributed by atoms with E-state index in [1.54, 1.807) is 19.2 Å². The number of hydrogen-bond donors (Lipinski definition) is 1. The number of methoxy groups -OCH3 is 1. The molecule has 0 saturated heterocycles. The molecule has 0 aliphatic carbocycles. The molecule has 0 amide bonds. The highest BCUT2D eigenvalue weighted by atomic mass is 32.1. The fourth-order valence-corrected chi connectivity index (χ4v) is 3.30. The van der Waals surface area contributed by atoms with Crippen LogP contribution >= 0.6 is 12.2 Å². The van der Waals surface area contributed by atoms with Crippen LogP contribution in [0, 0.1) is 5.82 Å². The van der Waals surface area contributed by atoms with Crippen LogP contribution < -0.4 is 24.3 Å². The Labute approximate surface area is 179 Å². The van der Waals surface area contributed by atoms with Gasteiger partial charge in [-0.2, -0.15) is 0 Å². The van der Waals surface area contributed by atoms with Crippen LogP contribution in [-0.2, 0) is 13.2 Å². The summed E-state index contributed by atoms with van der Waals surface area (Å²) >= 11 is 5.61. The number of para-hydroxylation sites is 1. The first-order valence-corrected chi connectivity index (χ1v) is 9.76. The first-order chi connectivity index (χ1) is 14.6. The highest BCUT2D eigenvalue weighted by molar-refractivity contribution is 7.80. The number of halogens is 1. The molecule has 154 valence electrons. The molecular formula is C23H20FNO4S. The van der Waals surface area contributed by atoms with E-state index in [2.05, 4.69) is 5.32 Å². The van der Waals surface area contributed by atoms with Crippen molar-refractivity contribution in [2.24, 2.45) is 0 Å². The van der Waals surface area contributed by atoms with Gasteiger partial charge >= 0.3 is 0 Å². The molecule has 3 aromatic carbocycles. The standard InChI is InChI=1S/C23H20FNO4S/c1-26-20-4-2-3-18(22(20)27-13-15-5-8-17(24)9-6-15)23(30)25-12-16-7-10-19-21(11-16)29-14-28-19/h2-11H,12-14H2,1H3,(H,25,30). The second-order valence-electron chi connectivity index (χ2n) is 6.62. The zero-order valence-corrected chi connectivity index (χ0v) is 17.1. The van der Waals surface area contributed by atoms with Crippen molar-refractivity contribution >= 4 is 17.2 Å². The van der Waals surface area contributed by atoms with Gasteiger partial charge in [-0.05, 0) is 47.5 Å². The Kier molecular flexibility index (Phi) is 5.99. The molecule has 4 rings (SSSR count). The molecule has 1 aliphatic rings. The van der Waals surface area contributed by atoms with E-state index >= 15 is 0 Å². The number of rotatable bonds is 7. The molecule has 0 radical (unpaired) electrons. The van der Waals surface area contributed by atoms with Crippen LogP contribution in [0.2, 0.25) is 0 Å². The van der Waals surface area contributed by atoms with Crippen LogP contribution in [0.4, 0.5) is 4.39 Å². The Morgan fingerprint density at radius 1 is 1.03 bits per heavy atom. The Morgan fingerprint density at radius 2 is 1.80 bits per heavy atom. The second kappa shape index (κ2) is 9.00. The van der Waals surface area contributed by atoms with E-state index in [1.165, 1.54) is 12.1 Å². The minimum Gasteiger partial charge on any atom is -0.493 e. The van der Waals surface area contributed by atoms with Crippen molar-refractivity contribution in [1.29, 1.82) is 0 Å². The SMILES string of the molecule is COc1cccc(C(=S)NCc2ccc3c(c2)OCO3)c1OCc1ccc(F)cc1. The molecule has 0 atom stereocenters. The van der Waals surface area contributed by atoms with Gasteiger partial charge in [-0.1, -0.05) is 36.5 Å². The molecule has 1 aliphatic heterocycles. The molecule has 3 aromatic rings. The van der Waals surface area contributed by atoms with Crippen LogP contribution in [0.25, 0.3) is 0 Å². The maximum absolute atomic E-state index is 13.1. The van der Waals surface area contributed by atoms with Crippen LogP contribution in [0.3, 0.4) is 0 Å². The molecule has 5 nitrogen and oxygen atoms in total. The van der Waals surface area contributed by atoms with Gasteiger partial charge in [0.1, 0.15) is 17.4 Å². The van der Waals surface area contributed by atoms with Gasteiger partial charge < -0.3 is 24.3 Å². The number of benzene rings is 3. The van der Waals surface area contributed by atoms with E-state index in [4.69, 9.17) is 31.2 Å². The summed E-state index contributed by atoms with van der Waals surface area (Å²) in [6, 6.07) is 17.5. The van der Waals surface area contributed by atoms with E-state index in [-0.39, 0.29) is 19.2 Å². The first-order valence-electron chi connectivity index (χ1n) is 9.35. The minimum absolute atomic E-state index is 0.239. The fraction of sp³-hybridized carbons (Fsp3) is 0.174. The molecular weight excluding hydrogens is 405 g/mol. The van der Waals surface area contributed by atoms with E-state index < -0.39 is 0 Å². The van der Waals surface area contributed by atoms with Crippen molar-refractivity contribution in [3.8, 4) is 23.0 Å². The molecule has 0 saturated carbocycles. The summed E-state index contributed by atoms with van der Waals surface area (Å²) in [4.78, 5) is 0.528. The number of thiocarbonyl (C=S) groups is 1. The molecule has 0 bridgehead atoms. The molecule has 0 fully saturated rings. The van der Waals surface area contributed by atoms with Gasteiger partial charge in [0, 0.05) is 6.54 Å². The van der Waals surface area contributed by atoms with Crippen molar-refractivity contribution < 1.29 is 23.3 Å². The number of fused-ring (bicyclic) bond motifs is 1. The lowest BCUT2D eigenvalue weighted by atomic mass is 10.1. The summed E-state index contributed by atoms with van der Waals surface area (Å²) < 4.78 is 35.4. The molecule has 1 heterocycles. The third-order valence-corrected chi connectivity index (χ3v) is 4.99. The minimum atomic E-state index is -0.286. The highest BCUT2D eigenvalue weighted by Crippen LogP contribution is 2.33. The summed E-state index contributed by atoms with van der Waals surface area (Å²) in [5.74, 6) is 2.29. The highest BCUT2D eigenvalue weighted by Gasteiger charge is 2.16. The number of hydrogen-bond acceptors (Lipinski definition) is 5. The van der Waals surface area contributed by atoms with Crippen molar-refractivity contribution in [3.63, 3.8) is 0 Å². The maximum Gasteiger partial charge on any atom is 0.231 e. The third kappa shape index (κ3) is 4.46.